The van der Waals surface area contributed by atoms with Gasteiger partial charge in [0.25, 0.3) is 5.91 Å². The van der Waals surface area contributed by atoms with Crippen LogP contribution in [0.2, 0.25) is 5.02 Å². The molecule has 22 heavy (non-hydrogen) atoms. The van der Waals surface area contributed by atoms with E-state index >= 15 is 0 Å². The first-order valence-corrected chi connectivity index (χ1v) is 7.06. The third-order valence-corrected chi connectivity index (χ3v) is 3.54. The Balaban J connectivity index is 1.82. The zero-order chi connectivity index (χ0) is 15.5. The molecule has 1 heterocycles. The van der Waals surface area contributed by atoms with E-state index in [2.05, 4.69) is 5.32 Å². The summed E-state index contributed by atoms with van der Waals surface area (Å²) in [6, 6.07) is 13.9. The van der Waals surface area contributed by atoms with E-state index in [0.717, 1.165) is 5.56 Å². The van der Waals surface area contributed by atoms with E-state index in [4.69, 9.17) is 16.0 Å². The number of hydrogen-bond acceptors (Lipinski definition) is 3. The second-order valence-electron chi connectivity index (χ2n) is 4.78. The average molecular weight is 314 g/mol. The Labute approximate surface area is 131 Å². The minimum absolute atomic E-state index is 0.00679. The van der Waals surface area contributed by atoms with E-state index < -0.39 is 5.91 Å². The fraction of sp³-hybridized carbons (Fsp3) is 0.0588. The van der Waals surface area contributed by atoms with Crippen molar-refractivity contribution in [3.63, 3.8) is 0 Å². The van der Waals surface area contributed by atoms with Crippen LogP contribution >= 0.6 is 11.6 Å². The lowest BCUT2D eigenvalue weighted by atomic mass is 10.1. The first-order valence-electron chi connectivity index (χ1n) is 6.68. The Morgan fingerprint density at radius 2 is 1.82 bits per heavy atom. The number of rotatable bonds is 3. The molecule has 0 aliphatic rings. The Morgan fingerprint density at radius 1 is 1.09 bits per heavy atom. The number of amides is 1. The van der Waals surface area contributed by atoms with Gasteiger partial charge in [-0.2, -0.15) is 0 Å². The number of nitrogens with one attached hydrogen (secondary N) is 1. The largest absolute Gasteiger partial charge is 0.463 e. The lowest BCUT2D eigenvalue weighted by Crippen LogP contribution is -2.28. The highest BCUT2D eigenvalue weighted by Gasteiger charge is 2.13. The molecule has 0 radical (unpaired) electrons. The minimum atomic E-state index is -0.463. The smallest absolute Gasteiger partial charge is 0.258 e. The van der Waals surface area contributed by atoms with Crippen LogP contribution in [-0.4, -0.2) is 5.91 Å². The molecule has 3 rings (SSSR count). The van der Waals surface area contributed by atoms with Crippen molar-refractivity contribution in [1.29, 1.82) is 0 Å². The van der Waals surface area contributed by atoms with Crippen LogP contribution in [0.5, 0.6) is 0 Å². The standard InChI is InChI=1S/C17H12ClNO3/c18-12-7-5-11(6-8-12)9-19-17(21)14-10-22-15-4-2-1-3-13(15)16(14)20/h1-8,10H,9H2,(H,19,21). The van der Waals surface area contributed by atoms with Gasteiger partial charge < -0.3 is 9.73 Å². The fourth-order valence-corrected chi connectivity index (χ4v) is 2.24. The SMILES string of the molecule is O=C(NCc1ccc(Cl)cc1)c1coc2ccccc2c1=O. The maximum absolute atomic E-state index is 12.3. The van der Waals surface area contributed by atoms with Gasteiger partial charge >= 0.3 is 0 Å². The minimum Gasteiger partial charge on any atom is -0.463 e. The molecule has 110 valence electrons. The van der Waals surface area contributed by atoms with Crippen LogP contribution < -0.4 is 10.7 Å². The molecule has 2 aromatic carbocycles. The van der Waals surface area contributed by atoms with Crippen molar-refractivity contribution in [3.8, 4) is 0 Å². The highest BCUT2D eigenvalue weighted by atomic mass is 35.5. The summed E-state index contributed by atoms with van der Waals surface area (Å²) in [5.41, 5.74) is 1.01. The Morgan fingerprint density at radius 3 is 2.59 bits per heavy atom. The quantitative estimate of drug-likeness (QED) is 0.806. The number of hydrogen-bond donors (Lipinski definition) is 1. The van der Waals surface area contributed by atoms with Gasteiger partial charge in [0.1, 0.15) is 17.4 Å². The van der Waals surface area contributed by atoms with Crippen molar-refractivity contribution in [1.82, 2.24) is 5.32 Å². The zero-order valence-corrected chi connectivity index (χ0v) is 12.3. The summed E-state index contributed by atoms with van der Waals surface area (Å²) < 4.78 is 5.33. The number of benzene rings is 2. The van der Waals surface area contributed by atoms with Crippen molar-refractivity contribution < 1.29 is 9.21 Å². The summed E-state index contributed by atoms with van der Waals surface area (Å²) in [7, 11) is 0. The second-order valence-corrected chi connectivity index (χ2v) is 5.22. The lowest BCUT2D eigenvalue weighted by Gasteiger charge is -2.05. The van der Waals surface area contributed by atoms with Gasteiger partial charge in [-0.25, -0.2) is 0 Å². The van der Waals surface area contributed by atoms with E-state index in [1.54, 1.807) is 36.4 Å². The van der Waals surface area contributed by atoms with E-state index in [9.17, 15) is 9.59 Å². The molecule has 4 nitrogen and oxygen atoms in total. The van der Waals surface area contributed by atoms with E-state index in [1.807, 2.05) is 12.1 Å². The summed E-state index contributed by atoms with van der Waals surface area (Å²) >= 11 is 5.81. The molecule has 3 aromatic rings. The van der Waals surface area contributed by atoms with Crippen LogP contribution in [0.25, 0.3) is 11.0 Å². The van der Waals surface area contributed by atoms with Crippen LogP contribution in [0.4, 0.5) is 0 Å². The molecule has 0 saturated carbocycles. The third-order valence-electron chi connectivity index (χ3n) is 3.29. The molecule has 0 atom stereocenters. The molecule has 0 unspecified atom stereocenters. The predicted molar refractivity (Wildman–Crippen MR) is 85.1 cm³/mol. The number of carbonyl (C=O) groups is 1. The monoisotopic (exact) mass is 313 g/mol. The molecule has 0 spiro atoms. The van der Waals surface area contributed by atoms with Gasteiger partial charge in [0.15, 0.2) is 0 Å². The van der Waals surface area contributed by atoms with Crippen molar-refractivity contribution in [2.45, 2.75) is 6.54 Å². The van der Waals surface area contributed by atoms with Crippen LogP contribution in [0.1, 0.15) is 15.9 Å². The van der Waals surface area contributed by atoms with Gasteiger partial charge in [0, 0.05) is 11.6 Å². The normalized spacial score (nSPS) is 10.6. The van der Waals surface area contributed by atoms with Crippen LogP contribution in [0, 0.1) is 0 Å². The van der Waals surface area contributed by atoms with Crippen LogP contribution in [0.3, 0.4) is 0 Å². The Kier molecular flexibility index (Phi) is 3.94. The van der Waals surface area contributed by atoms with Gasteiger partial charge in [-0.15, -0.1) is 0 Å². The number of carbonyl (C=O) groups excluding carboxylic acids is 1. The molecule has 0 bridgehead atoms. The summed E-state index contributed by atoms with van der Waals surface area (Å²) in [5, 5.41) is 3.72. The van der Waals surface area contributed by atoms with Gasteiger partial charge in [-0.3, -0.25) is 9.59 Å². The summed E-state index contributed by atoms with van der Waals surface area (Å²) in [6.45, 7) is 0.308. The molecular formula is C17H12ClNO3. The van der Waals surface area contributed by atoms with Crippen LogP contribution in [-0.2, 0) is 6.54 Å². The van der Waals surface area contributed by atoms with Crippen LogP contribution in [0.15, 0.2) is 64.0 Å². The third kappa shape index (κ3) is 2.87. The van der Waals surface area contributed by atoms with Crippen molar-refractivity contribution in [2.24, 2.45) is 0 Å². The first kappa shape index (κ1) is 14.4. The Bertz CT molecular complexity index is 884. The molecule has 1 aromatic heterocycles. The predicted octanol–water partition coefficient (Wildman–Crippen LogP) is 3.38. The molecule has 0 aliphatic heterocycles. The van der Waals surface area contributed by atoms with Crippen molar-refractivity contribution >= 4 is 28.5 Å². The summed E-state index contributed by atoms with van der Waals surface area (Å²) in [5.74, 6) is -0.463. The maximum Gasteiger partial charge on any atom is 0.258 e. The molecule has 5 heteroatoms. The van der Waals surface area contributed by atoms with E-state index in [-0.39, 0.29) is 11.0 Å². The average Bonchev–Trinajstić information content (AvgIpc) is 2.55. The first-order chi connectivity index (χ1) is 10.6. The molecule has 0 saturated heterocycles. The summed E-state index contributed by atoms with van der Waals surface area (Å²) in [6.07, 6.45) is 1.20. The zero-order valence-electron chi connectivity index (χ0n) is 11.5. The van der Waals surface area contributed by atoms with Gasteiger partial charge in [-0.1, -0.05) is 35.9 Å². The number of para-hydroxylation sites is 1. The molecule has 1 amide bonds. The van der Waals surface area contributed by atoms with Gasteiger partial charge in [-0.05, 0) is 29.8 Å². The number of halogens is 1. The number of fused-ring (bicyclic) bond motifs is 1. The van der Waals surface area contributed by atoms with Crippen molar-refractivity contribution in [2.75, 3.05) is 0 Å². The molecule has 0 aliphatic carbocycles. The topological polar surface area (TPSA) is 59.3 Å². The van der Waals surface area contributed by atoms with Gasteiger partial charge in [0.05, 0.1) is 5.39 Å². The maximum atomic E-state index is 12.3. The summed E-state index contributed by atoms with van der Waals surface area (Å²) in [4.78, 5) is 24.4. The van der Waals surface area contributed by atoms with E-state index in [1.165, 1.54) is 6.26 Å². The molecule has 1 N–H and O–H groups in total. The highest BCUT2D eigenvalue weighted by molar-refractivity contribution is 6.30. The fourth-order valence-electron chi connectivity index (χ4n) is 2.11. The lowest BCUT2D eigenvalue weighted by molar-refractivity contribution is 0.0948. The molecule has 0 fully saturated rings. The van der Waals surface area contributed by atoms with Crippen molar-refractivity contribution in [3.05, 3.63) is 81.2 Å². The second kappa shape index (κ2) is 6.03. The van der Waals surface area contributed by atoms with E-state index in [0.29, 0.717) is 22.5 Å². The Hall–Kier alpha value is -2.59. The molecular weight excluding hydrogens is 302 g/mol. The van der Waals surface area contributed by atoms with Gasteiger partial charge in [0.2, 0.25) is 5.43 Å². The highest BCUT2D eigenvalue weighted by Crippen LogP contribution is 2.11.